The van der Waals surface area contributed by atoms with Crippen LogP contribution in [0.4, 0.5) is 11.4 Å². The number of rotatable bonds is 6. The third-order valence-electron chi connectivity index (χ3n) is 3.48. The predicted molar refractivity (Wildman–Crippen MR) is 86.4 cm³/mol. The highest BCUT2D eigenvalue weighted by atomic mass is 16.6. The molecule has 2 aromatic rings. The summed E-state index contributed by atoms with van der Waals surface area (Å²) in [5.41, 5.74) is 2.66. The fourth-order valence-electron chi connectivity index (χ4n) is 2.34. The first-order valence-corrected chi connectivity index (χ1v) is 7.22. The number of amides is 1. The Kier molecular flexibility index (Phi) is 4.95. The number of hydrogen-bond acceptors (Lipinski definition) is 5. The molecular weight excluding hydrogens is 298 g/mol. The molecule has 0 saturated carbocycles. The zero-order valence-electron chi connectivity index (χ0n) is 13.3. The van der Waals surface area contributed by atoms with Gasteiger partial charge in [-0.3, -0.25) is 19.6 Å². The van der Waals surface area contributed by atoms with Crippen LogP contribution in [0.2, 0.25) is 0 Å². The van der Waals surface area contributed by atoms with Gasteiger partial charge in [0.25, 0.3) is 11.6 Å². The van der Waals surface area contributed by atoms with Gasteiger partial charge in [-0.2, -0.15) is 5.10 Å². The minimum atomic E-state index is -0.521. The monoisotopic (exact) mass is 317 g/mol. The van der Waals surface area contributed by atoms with Crippen LogP contribution < -0.4 is 10.6 Å². The van der Waals surface area contributed by atoms with Crippen molar-refractivity contribution in [3.63, 3.8) is 0 Å². The Bertz CT molecular complexity index is 739. The summed E-state index contributed by atoms with van der Waals surface area (Å²) in [4.78, 5) is 22.3. The molecule has 1 aromatic heterocycles. The topological polar surface area (TPSA) is 102 Å². The van der Waals surface area contributed by atoms with Crippen LogP contribution in [-0.2, 0) is 20.0 Å². The van der Waals surface area contributed by atoms with Crippen molar-refractivity contribution >= 4 is 17.3 Å². The van der Waals surface area contributed by atoms with Crippen LogP contribution >= 0.6 is 0 Å². The smallest absolute Gasteiger partial charge is 0.270 e. The summed E-state index contributed by atoms with van der Waals surface area (Å²) in [7, 11) is 3.34. The van der Waals surface area contributed by atoms with E-state index < -0.39 is 4.92 Å². The number of hydrogen-bond donors (Lipinski definition) is 2. The second-order valence-electron chi connectivity index (χ2n) is 5.05. The maximum Gasteiger partial charge on any atom is 0.270 e. The average Bonchev–Trinajstić information content (AvgIpc) is 2.91. The zero-order chi connectivity index (χ0) is 17.0. The summed E-state index contributed by atoms with van der Waals surface area (Å²) in [6.45, 7) is 2.51. The Hall–Kier alpha value is -2.90. The number of aromatic nitrogens is 2. The quantitative estimate of drug-likeness (QED) is 0.625. The minimum Gasteiger partial charge on any atom is -0.380 e. The van der Waals surface area contributed by atoms with Crippen LogP contribution in [0.15, 0.2) is 24.4 Å². The Morgan fingerprint density at radius 2 is 2.17 bits per heavy atom. The van der Waals surface area contributed by atoms with Crippen molar-refractivity contribution in [2.24, 2.45) is 7.05 Å². The number of non-ortho nitro benzene ring substituents is 1. The van der Waals surface area contributed by atoms with Crippen LogP contribution in [0.5, 0.6) is 0 Å². The van der Waals surface area contributed by atoms with E-state index in [9.17, 15) is 14.9 Å². The first-order chi connectivity index (χ1) is 11.0. The molecule has 122 valence electrons. The summed E-state index contributed by atoms with van der Waals surface area (Å²) in [6, 6.07) is 4.19. The Labute approximate surface area is 133 Å². The normalized spacial score (nSPS) is 10.4. The molecule has 0 radical (unpaired) electrons. The lowest BCUT2D eigenvalue weighted by molar-refractivity contribution is -0.384. The van der Waals surface area contributed by atoms with Gasteiger partial charge in [0.05, 0.1) is 16.2 Å². The lowest BCUT2D eigenvalue weighted by atomic mass is 10.1. The van der Waals surface area contributed by atoms with E-state index in [-0.39, 0.29) is 17.2 Å². The molecule has 0 spiro atoms. The van der Waals surface area contributed by atoms with Crippen LogP contribution in [0.3, 0.4) is 0 Å². The molecule has 0 atom stereocenters. The molecule has 1 heterocycles. The van der Waals surface area contributed by atoms with Gasteiger partial charge in [0, 0.05) is 50.2 Å². The van der Waals surface area contributed by atoms with Crippen molar-refractivity contribution in [3.05, 3.63) is 51.3 Å². The van der Waals surface area contributed by atoms with Crippen molar-refractivity contribution in [1.29, 1.82) is 0 Å². The van der Waals surface area contributed by atoms with Crippen LogP contribution in [0.1, 0.15) is 28.5 Å². The van der Waals surface area contributed by atoms with E-state index in [2.05, 4.69) is 15.7 Å². The Morgan fingerprint density at radius 1 is 1.43 bits per heavy atom. The molecule has 0 unspecified atom stereocenters. The largest absolute Gasteiger partial charge is 0.380 e. The molecule has 0 aliphatic carbocycles. The number of nitro benzene ring substituents is 1. The summed E-state index contributed by atoms with van der Waals surface area (Å²) in [6.07, 6.45) is 2.72. The van der Waals surface area contributed by atoms with Gasteiger partial charge in [0.1, 0.15) is 0 Å². The van der Waals surface area contributed by atoms with Crippen molar-refractivity contribution in [3.8, 4) is 0 Å². The van der Waals surface area contributed by atoms with Crippen molar-refractivity contribution < 1.29 is 9.72 Å². The van der Waals surface area contributed by atoms with E-state index in [4.69, 9.17) is 0 Å². The molecule has 8 nitrogen and oxygen atoms in total. The number of nitrogens with zero attached hydrogens (tertiary/aromatic N) is 3. The Balaban J connectivity index is 2.28. The highest BCUT2D eigenvalue weighted by Crippen LogP contribution is 2.23. The number of carbonyl (C=O) groups excluding carboxylic acids is 1. The van der Waals surface area contributed by atoms with E-state index in [1.54, 1.807) is 10.7 Å². The average molecular weight is 317 g/mol. The minimum absolute atomic E-state index is 0.121. The SMILES string of the molecule is CCc1nn(C)cc1CNc1ccc([N+](=O)[O-])cc1C(=O)NC. The molecule has 0 aliphatic heterocycles. The van der Waals surface area contributed by atoms with Crippen LogP contribution in [0.25, 0.3) is 0 Å². The van der Waals surface area contributed by atoms with Gasteiger partial charge in [-0.05, 0) is 12.5 Å². The van der Waals surface area contributed by atoms with E-state index >= 15 is 0 Å². The molecule has 0 aliphatic rings. The molecule has 8 heteroatoms. The lowest BCUT2D eigenvalue weighted by Gasteiger charge is -2.11. The summed E-state index contributed by atoms with van der Waals surface area (Å²) < 4.78 is 1.74. The lowest BCUT2D eigenvalue weighted by Crippen LogP contribution is -2.20. The van der Waals surface area contributed by atoms with E-state index in [1.807, 2.05) is 20.2 Å². The van der Waals surface area contributed by atoms with Crippen molar-refractivity contribution in [1.82, 2.24) is 15.1 Å². The molecule has 1 amide bonds. The predicted octanol–water partition coefficient (Wildman–Crippen LogP) is 1.86. The maximum absolute atomic E-state index is 12.0. The van der Waals surface area contributed by atoms with Crippen molar-refractivity contribution in [2.45, 2.75) is 19.9 Å². The number of nitro groups is 1. The first kappa shape index (κ1) is 16.5. The molecular formula is C15H19N5O3. The first-order valence-electron chi connectivity index (χ1n) is 7.22. The summed E-state index contributed by atoms with van der Waals surface area (Å²) in [5, 5.41) is 20.9. The van der Waals surface area contributed by atoms with Gasteiger partial charge in [-0.15, -0.1) is 0 Å². The molecule has 23 heavy (non-hydrogen) atoms. The zero-order valence-corrected chi connectivity index (χ0v) is 13.3. The molecule has 1 aromatic carbocycles. The number of carbonyl (C=O) groups is 1. The second-order valence-corrected chi connectivity index (χ2v) is 5.05. The molecule has 2 rings (SSSR count). The maximum atomic E-state index is 12.0. The number of anilines is 1. The highest BCUT2D eigenvalue weighted by molar-refractivity contribution is 6.00. The number of benzene rings is 1. The van der Waals surface area contributed by atoms with Gasteiger partial charge in [0.15, 0.2) is 0 Å². The van der Waals surface area contributed by atoms with Gasteiger partial charge in [-0.25, -0.2) is 0 Å². The number of nitrogens with one attached hydrogen (secondary N) is 2. The Morgan fingerprint density at radius 3 is 2.78 bits per heavy atom. The fourth-order valence-corrected chi connectivity index (χ4v) is 2.34. The van der Waals surface area contributed by atoms with Gasteiger partial charge < -0.3 is 10.6 Å². The van der Waals surface area contributed by atoms with Crippen molar-refractivity contribution in [2.75, 3.05) is 12.4 Å². The van der Waals surface area contributed by atoms with E-state index in [0.717, 1.165) is 17.7 Å². The summed E-state index contributed by atoms with van der Waals surface area (Å²) >= 11 is 0. The standard InChI is InChI=1S/C15H19N5O3/c1-4-13-10(9-19(3)18-13)8-17-14-6-5-11(20(22)23)7-12(14)15(21)16-2/h5-7,9,17H,4,8H2,1-3H3,(H,16,21). The van der Waals surface area contributed by atoms with E-state index in [1.165, 1.54) is 19.2 Å². The van der Waals surface area contributed by atoms with Gasteiger partial charge in [0.2, 0.25) is 0 Å². The van der Waals surface area contributed by atoms with Crippen LogP contribution in [-0.4, -0.2) is 27.7 Å². The molecule has 0 bridgehead atoms. The van der Waals surface area contributed by atoms with Gasteiger partial charge >= 0.3 is 0 Å². The van der Waals surface area contributed by atoms with Gasteiger partial charge in [-0.1, -0.05) is 6.92 Å². The number of aryl methyl sites for hydroxylation is 2. The van der Waals surface area contributed by atoms with E-state index in [0.29, 0.717) is 12.2 Å². The highest BCUT2D eigenvalue weighted by Gasteiger charge is 2.16. The van der Waals surface area contributed by atoms with Crippen LogP contribution in [0, 0.1) is 10.1 Å². The molecule has 0 saturated heterocycles. The second kappa shape index (κ2) is 6.91. The summed E-state index contributed by atoms with van der Waals surface area (Å²) in [5.74, 6) is -0.377. The third kappa shape index (κ3) is 3.65. The molecule has 2 N–H and O–H groups in total. The fraction of sp³-hybridized carbons (Fsp3) is 0.333. The molecule has 0 fully saturated rings. The third-order valence-corrected chi connectivity index (χ3v) is 3.48.